The first kappa shape index (κ1) is 25.3. The third kappa shape index (κ3) is 6.08. The molecule has 0 spiro atoms. The van der Waals surface area contributed by atoms with Crippen molar-refractivity contribution in [3.05, 3.63) is 50.6 Å². The molecule has 10 nitrogen and oxygen atoms in total. The van der Waals surface area contributed by atoms with E-state index in [0.717, 1.165) is 34.8 Å². The summed E-state index contributed by atoms with van der Waals surface area (Å²) in [6.45, 7) is -0.367. The number of amides is 2. The van der Waals surface area contributed by atoms with E-state index in [1.54, 1.807) is 0 Å². The Morgan fingerprint density at radius 2 is 2.03 bits per heavy atom. The highest BCUT2D eigenvalue weighted by molar-refractivity contribution is 7.15. The molecule has 3 N–H and O–H groups in total. The molecular weight excluding hydrogens is 504 g/mol. The normalized spacial score (nSPS) is 13.5. The molecule has 0 unspecified atom stereocenters. The molecule has 0 aliphatic heterocycles. The number of hydrogen-bond acceptors (Lipinski definition) is 8. The number of halogens is 1. The molecule has 3 heterocycles. The minimum atomic E-state index is -0.712. The number of aromatic nitrogens is 4. The number of carbonyl (C=O) groups excluding carboxylic acids is 2. The zero-order chi connectivity index (χ0) is 25.7. The smallest absolute Gasteiger partial charge is 0.258 e. The minimum absolute atomic E-state index is 0.0197. The summed E-state index contributed by atoms with van der Waals surface area (Å²) in [5, 5.41) is 11.6. The number of carbonyl (C=O) groups is 2. The highest BCUT2D eigenvalue weighted by Crippen LogP contribution is 2.33. The van der Waals surface area contributed by atoms with E-state index in [1.807, 2.05) is 0 Å². The molecule has 0 atom stereocenters. The van der Waals surface area contributed by atoms with E-state index >= 15 is 0 Å². The van der Waals surface area contributed by atoms with Gasteiger partial charge in [-0.2, -0.15) is 0 Å². The summed E-state index contributed by atoms with van der Waals surface area (Å²) in [6, 6.07) is 2.61. The second-order valence-corrected chi connectivity index (χ2v) is 9.58. The lowest BCUT2D eigenvalue weighted by Gasteiger charge is -2.15. The number of hydrogen-bond donors (Lipinski definition) is 2. The molecule has 36 heavy (non-hydrogen) atoms. The highest BCUT2D eigenvalue weighted by Gasteiger charge is 2.21. The van der Waals surface area contributed by atoms with E-state index < -0.39 is 17.4 Å². The number of ether oxygens (including phenoxy) is 1. The van der Waals surface area contributed by atoms with Crippen LogP contribution in [0.15, 0.2) is 29.3 Å². The van der Waals surface area contributed by atoms with E-state index in [0.29, 0.717) is 22.2 Å². The lowest BCUT2D eigenvalue weighted by molar-refractivity contribution is -0.118. The van der Waals surface area contributed by atoms with Gasteiger partial charge in [0, 0.05) is 29.3 Å². The molecule has 1 saturated carbocycles. The number of pyridine rings is 2. The van der Waals surface area contributed by atoms with Crippen LogP contribution in [0.3, 0.4) is 0 Å². The molecule has 0 bridgehead atoms. The summed E-state index contributed by atoms with van der Waals surface area (Å²) in [5.74, 6) is 5.65. The maximum atomic E-state index is 13.3. The van der Waals surface area contributed by atoms with Crippen molar-refractivity contribution in [2.75, 3.05) is 12.4 Å². The van der Waals surface area contributed by atoms with E-state index in [4.69, 9.17) is 22.1 Å². The van der Waals surface area contributed by atoms with Crippen LogP contribution in [0.2, 0.25) is 5.15 Å². The maximum absolute atomic E-state index is 13.3. The number of nitrogens with two attached hydrogens (primary N) is 1. The van der Waals surface area contributed by atoms with Gasteiger partial charge in [0.2, 0.25) is 11.0 Å². The van der Waals surface area contributed by atoms with Gasteiger partial charge in [0.05, 0.1) is 18.9 Å². The van der Waals surface area contributed by atoms with Crippen molar-refractivity contribution < 1.29 is 14.3 Å². The first-order chi connectivity index (χ1) is 17.3. The van der Waals surface area contributed by atoms with Gasteiger partial charge < -0.3 is 15.0 Å². The van der Waals surface area contributed by atoms with Crippen LogP contribution in [0, 0.1) is 17.8 Å². The fraction of sp³-hybridized carbons (Fsp3) is 0.333. The van der Waals surface area contributed by atoms with Crippen LogP contribution >= 0.6 is 22.9 Å². The topological polar surface area (TPSA) is 142 Å². The van der Waals surface area contributed by atoms with Gasteiger partial charge in [-0.05, 0) is 24.8 Å². The molecule has 0 aromatic carbocycles. The maximum Gasteiger partial charge on any atom is 0.258 e. The minimum Gasteiger partial charge on any atom is -0.494 e. The molecule has 4 rings (SSSR count). The van der Waals surface area contributed by atoms with Crippen LogP contribution in [0.1, 0.15) is 47.5 Å². The van der Waals surface area contributed by atoms with E-state index in [-0.39, 0.29) is 28.0 Å². The van der Waals surface area contributed by atoms with Crippen molar-refractivity contribution in [3.63, 3.8) is 0 Å². The summed E-state index contributed by atoms with van der Waals surface area (Å²) in [5.41, 5.74) is 5.40. The summed E-state index contributed by atoms with van der Waals surface area (Å²) in [6.07, 6.45) is 8.54. The van der Waals surface area contributed by atoms with Gasteiger partial charge in [-0.15, -0.1) is 10.2 Å². The Morgan fingerprint density at radius 3 is 2.75 bits per heavy atom. The average molecular weight is 527 g/mol. The number of rotatable bonds is 6. The third-order valence-corrected chi connectivity index (χ3v) is 6.64. The lowest BCUT2D eigenvalue weighted by Crippen LogP contribution is -2.29. The Morgan fingerprint density at radius 1 is 1.25 bits per heavy atom. The van der Waals surface area contributed by atoms with Crippen LogP contribution in [0.25, 0.3) is 11.1 Å². The van der Waals surface area contributed by atoms with E-state index in [9.17, 15) is 14.4 Å². The molecular formula is C24H23ClN6O4S. The molecule has 0 saturated heterocycles. The second kappa shape index (κ2) is 11.3. The number of anilines is 1. The van der Waals surface area contributed by atoms with Crippen molar-refractivity contribution >= 4 is 39.9 Å². The largest absolute Gasteiger partial charge is 0.494 e. The van der Waals surface area contributed by atoms with Crippen molar-refractivity contribution in [3.8, 4) is 28.7 Å². The zero-order valence-corrected chi connectivity index (χ0v) is 21.0. The first-order valence-electron chi connectivity index (χ1n) is 11.2. The molecule has 1 aliphatic rings. The SMILES string of the molecule is COc1cnc(Cl)cc1-c1cn(CC(N)=O)c(=O)cc1C(=O)Nc1nnc(C#CC2CCCCC2)s1. The predicted octanol–water partition coefficient (Wildman–Crippen LogP) is 3.09. The molecule has 1 aliphatic carbocycles. The summed E-state index contributed by atoms with van der Waals surface area (Å²) < 4.78 is 6.48. The molecule has 0 radical (unpaired) electrons. The lowest BCUT2D eigenvalue weighted by atomic mass is 9.90. The van der Waals surface area contributed by atoms with Crippen LogP contribution in [-0.4, -0.2) is 38.7 Å². The Balaban J connectivity index is 1.66. The molecule has 12 heteroatoms. The van der Waals surface area contributed by atoms with Crippen LogP contribution in [0.4, 0.5) is 5.13 Å². The van der Waals surface area contributed by atoms with Crippen molar-refractivity contribution in [2.24, 2.45) is 11.7 Å². The second-order valence-electron chi connectivity index (χ2n) is 8.21. The fourth-order valence-electron chi connectivity index (χ4n) is 3.96. The molecule has 2 amide bonds. The monoisotopic (exact) mass is 526 g/mol. The van der Waals surface area contributed by atoms with Crippen molar-refractivity contribution in [2.45, 2.75) is 38.6 Å². The highest BCUT2D eigenvalue weighted by atomic mass is 35.5. The van der Waals surface area contributed by atoms with Gasteiger partial charge in [-0.25, -0.2) is 4.98 Å². The molecule has 3 aromatic rings. The Labute approximate surface area is 215 Å². The molecule has 1 fully saturated rings. The quantitative estimate of drug-likeness (QED) is 0.371. The van der Waals surface area contributed by atoms with Gasteiger partial charge in [-0.3, -0.25) is 19.7 Å². The van der Waals surface area contributed by atoms with Crippen molar-refractivity contribution in [1.82, 2.24) is 19.7 Å². The molecule has 186 valence electrons. The van der Waals surface area contributed by atoms with Gasteiger partial charge in [-0.1, -0.05) is 48.1 Å². The Bertz CT molecular complexity index is 1420. The summed E-state index contributed by atoms with van der Waals surface area (Å²) in [7, 11) is 1.44. The van der Waals surface area contributed by atoms with E-state index in [2.05, 4.69) is 32.3 Å². The summed E-state index contributed by atoms with van der Waals surface area (Å²) >= 11 is 7.23. The van der Waals surface area contributed by atoms with Crippen LogP contribution in [-0.2, 0) is 11.3 Å². The van der Waals surface area contributed by atoms with E-state index in [1.165, 1.54) is 44.8 Å². The van der Waals surface area contributed by atoms with Gasteiger partial charge >= 0.3 is 0 Å². The Hall–Kier alpha value is -3.75. The fourth-order valence-corrected chi connectivity index (χ4v) is 4.72. The van der Waals surface area contributed by atoms with Gasteiger partial charge in [0.1, 0.15) is 17.4 Å². The standard InChI is InChI=1S/C24H23ClN6O4S/c1-35-18-11-27-19(25)9-15(18)17-12-31(13-20(26)32)22(33)10-16(17)23(34)28-24-30-29-21(36-24)8-7-14-5-3-2-4-6-14/h9-12,14H,2-6,13H2,1H3,(H2,26,32)(H,28,30,34). The number of nitrogens with one attached hydrogen (secondary N) is 1. The number of primary amides is 1. The first-order valence-corrected chi connectivity index (χ1v) is 12.4. The van der Waals surface area contributed by atoms with Gasteiger partial charge in [0.15, 0.2) is 5.01 Å². The summed E-state index contributed by atoms with van der Waals surface area (Å²) in [4.78, 5) is 41.3. The number of nitrogens with zero attached hydrogens (tertiary/aromatic N) is 4. The van der Waals surface area contributed by atoms with Gasteiger partial charge in [0.25, 0.3) is 11.5 Å². The zero-order valence-electron chi connectivity index (χ0n) is 19.4. The number of methoxy groups -OCH3 is 1. The average Bonchev–Trinajstić information content (AvgIpc) is 3.31. The van der Waals surface area contributed by atoms with Crippen LogP contribution < -0.4 is 21.3 Å². The van der Waals surface area contributed by atoms with Crippen LogP contribution in [0.5, 0.6) is 5.75 Å². The predicted molar refractivity (Wildman–Crippen MR) is 136 cm³/mol. The third-order valence-electron chi connectivity index (χ3n) is 5.67. The Kier molecular flexibility index (Phi) is 7.97. The molecule has 3 aromatic heterocycles. The van der Waals surface area contributed by atoms with Crippen molar-refractivity contribution in [1.29, 1.82) is 0 Å².